The smallest absolute Gasteiger partial charge is 0.0638 e. The average Bonchev–Trinajstić information content (AvgIpc) is 2.10. The fraction of sp³-hybridized carbons (Fsp3) is 0.900. The predicted molar refractivity (Wildman–Crippen MR) is 53.4 cm³/mol. The van der Waals surface area contributed by atoms with Gasteiger partial charge in [0.05, 0.1) is 12.5 Å². The summed E-state index contributed by atoms with van der Waals surface area (Å²) < 4.78 is 0. The molecule has 0 aromatic rings. The Balaban J connectivity index is 2.54. The van der Waals surface area contributed by atoms with Crippen molar-refractivity contribution in [3.8, 4) is 6.07 Å². The maximum absolute atomic E-state index is 8.67. The fourth-order valence-electron chi connectivity index (χ4n) is 2.04. The second-order valence-electron chi connectivity index (χ2n) is 3.89. The van der Waals surface area contributed by atoms with E-state index in [4.69, 9.17) is 5.26 Å². The van der Waals surface area contributed by atoms with Gasteiger partial charge in [-0.25, -0.2) is 0 Å². The van der Waals surface area contributed by atoms with Gasteiger partial charge in [-0.15, -0.1) is 0 Å². The third kappa shape index (κ3) is 2.43. The van der Waals surface area contributed by atoms with Crippen molar-refractivity contribution >= 4 is 0 Å². The maximum Gasteiger partial charge on any atom is 0.0638 e. The van der Waals surface area contributed by atoms with Crippen molar-refractivity contribution in [1.29, 1.82) is 5.26 Å². The van der Waals surface area contributed by atoms with Gasteiger partial charge in [0, 0.05) is 25.2 Å². The molecule has 0 saturated carbocycles. The van der Waals surface area contributed by atoms with Crippen molar-refractivity contribution in [2.75, 3.05) is 26.7 Å². The zero-order chi connectivity index (χ0) is 9.84. The van der Waals surface area contributed by atoms with Crippen LogP contribution in [0.1, 0.15) is 20.3 Å². The van der Waals surface area contributed by atoms with E-state index in [1.807, 2.05) is 0 Å². The maximum atomic E-state index is 8.67. The first-order valence-corrected chi connectivity index (χ1v) is 5.00. The first-order valence-electron chi connectivity index (χ1n) is 5.00. The summed E-state index contributed by atoms with van der Waals surface area (Å²) >= 11 is 0. The largest absolute Gasteiger partial charge is 0.300 e. The molecule has 74 valence electrons. The summed E-state index contributed by atoms with van der Waals surface area (Å²) in [5.74, 6) is 0. The van der Waals surface area contributed by atoms with Gasteiger partial charge in [0.25, 0.3) is 0 Å². The molecule has 0 bridgehead atoms. The molecule has 0 aromatic carbocycles. The Morgan fingerprint density at radius 3 is 2.69 bits per heavy atom. The van der Waals surface area contributed by atoms with Gasteiger partial charge < -0.3 is 0 Å². The zero-order valence-electron chi connectivity index (χ0n) is 8.82. The molecule has 0 amide bonds. The van der Waals surface area contributed by atoms with Gasteiger partial charge in [0.15, 0.2) is 0 Å². The molecule has 0 N–H and O–H groups in total. The second-order valence-corrected chi connectivity index (χ2v) is 3.89. The van der Waals surface area contributed by atoms with Crippen LogP contribution in [0.15, 0.2) is 0 Å². The molecule has 2 unspecified atom stereocenters. The van der Waals surface area contributed by atoms with Crippen LogP contribution in [0.2, 0.25) is 0 Å². The summed E-state index contributed by atoms with van der Waals surface area (Å²) in [4.78, 5) is 4.75. The average molecular weight is 181 g/mol. The van der Waals surface area contributed by atoms with E-state index in [-0.39, 0.29) is 0 Å². The van der Waals surface area contributed by atoms with Crippen LogP contribution in [-0.2, 0) is 0 Å². The van der Waals surface area contributed by atoms with Crippen LogP contribution in [0.5, 0.6) is 0 Å². The van der Waals surface area contributed by atoms with Gasteiger partial charge in [0.1, 0.15) is 0 Å². The van der Waals surface area contributed by atoms with Crippen LogP contribution in [-0.4, -0.2) is 48.6 Å². The van der Waals surface area contributed by atoms with Crippen LogP contribution < -0.4 is 0 Å². The lowest BCUT2D eigenvalue weighted by atomic mass is 10.1. The second kappa shape index (κ2) is 4.59. The summed E-state index contributed by atoms with van der Waals surface area (Å²) in [7, 11) is 2.12. The van der Waals surface area contributed by atoms with Crippen LogP contribution >= 0.6 is 0 Å². The molecule has 1 aliphatic heterocycles. The van der Waals surface area contributed by atoms with E-state index in [0.29, 0.717) is 18.5 Å². The molecule has 1 fully saturated rings. The van der Waals surface area contributed by atoms with Crippen LogP contribution in [0.25, 0.3) is 0 Å². The molecule has 3 nitrogen and oxygen atoms in total. The molecule has 1 heterocycles. The minimum atomic E-state index is 0.432. The molecule has 1 aliphatic rings. The normalized spacial score (nSPS) is 31.5. The van der Waals surface area contributed by atoms with Gasteiger partial charge in [-0.05, 0) is 20.5 Å². The summed E-state index contributed by atoms with van der Waals surface area (Å²) in [6, 6.07) is 3.32. The summed E-state index contributed by atoms with van der Waals surface area (Å²) in [5, 5.41) is 8.67. The number of hydrogen-bond acceptors (Lipinski definition) is 3. The molecule has 3 heteroatoms. The lowest BCUT2D eigenvalue weighted by Crippen LogP contribution is -2.55. The van der Waals surface area contributed by atoms with Gasteiger partial charge in [-0.1, -0.05) is 6.92 Å². The van der Waals surface area contributed by atoms with Gasteiger partial charge in [0.2, 0.25) is 0 Å². The molecule has 0 radical (unpaired) electrons. The minimum Gasteiger partial charge on any atom is -0.300 e. The number of likely N-dealkylation sites (N-methyl/N-ethyl adjacent to an activating group) is 2. The monoisotopic (exact) mass is 181 g/mol. The summed E-state index contributed by atoms with van der Waals surface area (Å²) in [6.07, 6.45) is 0.653. The SMILES string of the molecule is CCN1CC(CC#N)N(C)CC1C. The summed E-state index contributed by atoms with van der Waals surface area (Å²) in [6.45, 7) is 7.66. The third-order valence-corrected chi connectivity index (χ3v) is 2.98. The van der Waals surface area contributed by atoms with E-state index in [1.165, 1.54) is 0 Å². The molecule has 2 atom stereocenters. The number of nitriles is 1. The predicted octanol–water partition coefficient (Wildman–Crippen LogP) is 0.924. The minimum absolute atomic E-state index is 0.432. The van der Waals surface area contributed by atoms with Crippen molar-refractivity contribution in [3.63, 3.8) is 0 Å². The first kappa shape index (κ1) is 10.5. The van der Waals surface area contributed by atoms with E-state index in [9.17, 15) is 0 Å². The quantitative estimate of drug-likeness (QED) is 0.634. The molecule has 1 saturated heterocycles. The highest BCUT2D eigenvalue weighted by Crippen LogP contribution is 2.14. The Kier molecular flexibility index (Phi) is 3.71. The number of hydrogen-bond donors (Lipinski definition) is 0. The van der Waals surface area contributed by atoms with E-state index in [0.717, 1.165) is 19.6 Å². The lowest BCUT2D eigenvalue weighted by Gasteiger charge is -2.42. The van der Waals surface area contributed by atoms with Crippen LogP contribution in [0.4, 0.5) is 0 Å². The van der Waals surface area contributed by atoms with Crippen molar-refractivity contribution < 1.29 is 0 Å². The van der Waals surface area contributed by atoms with Crippen molar-refractivity contribution in [3.05, 3.63) is 0 Å². The van der Waals surface area contributed by atoms with E-state index >= 15 is 0 Å². The van der Waals surface area contributed by atoms with Crippen LogP contribution in [0, 0.1) is 11.3 Å². The highest BCUT2D eigenvalue weighted by molar-refractivity contribution is 4.89. The van der Waals surface area contributed by atoms with Gasteiger partial charge in [-0.3, -0.25) is 9.80 Å². The Labute approximate surface area is 80.9 Å². The Hall–Kier alpha value is -0.590. The molecule has 13 heavy (non-hydrogen) atoms. The van der Waals surface area contributed by atoms with Gasteiger partial charge in [-0.2, -0.15) is 5.26 Å². The molecule has 0 spiro atoms. The Morgan fingerprint density at radius 1 is 1.46 bits per heavy atom. The third-order valence-electron chi connectivity index (χ3n) is 2.98. The topological polar surface area (TPSA) is 30.3 Å². The highest BCUT2D eigenvalue weighted by Gasteiger charge is 2.27. The molecular weight excluding hydrogens is 162 g/mol. The summed E-state index contributed by atoms with van der Waals surface area (Å²) in [5.41, 5.74) is 0. The van der Waals surface area contributed by atoms with Crippen molar-refractivity contribution in [1.82, 2.24) is 9.80 Å². The molecule has 0 aliphatic carbocycles. The van der Waals surface area contributed by atoms with Crippen LogP contribution in [0.3, 0.4) is 0 Å². The first-order chi connectivity index (χ1) is 6.19. The molecule has 1 rings (SSSR count). The van der Waals surface area contributed by atoms with E-state index in [1.54, 1.807) is 0 Å². The zero-order valence-corrected chi connectivity index (χ0v) is 8.82. The number of nitrogens with zero attached hydrogens (tertiary/aromatic N) is 3. The number of piperazine rings is 1. The van der Waals surface area contributed by atoms with Crippen molar-refractivity contribution in [2.45, 2.75) is 32.4 Å². The molecular formula is C10H19N3. The van der Waals surface area contributed by atoms with Crippen molar-refractivity contribution in [2.24, 2.45) is 0 Å². The fourth-order valence-corrected chi connectivity index (χ4v) is 2.04. The van der Waals surface area contributed by atoms with E-state index < -0.39 is 0 Å². The Morgan fingerprint density at radius 2 is 2.15 bits per heavy atom. The number of rotatable bonds is 2. The van der Waals surface area contributed by atoms with E-state index in [2.05, 4.69) is 36.8 Å². The standard InChI is InChI=1S/C10H19N3/c1-4-13-8-10(5-6-11)12(3)7-9(13)2/h9-10H,4-5,7-8H2,1-3H3. The Bertz CT molecular complexity index is 197. The molecule has 0 aromatic heterocycles. The van der Waals surface area contributed by atoms with Gasteiger partial charge >= 0.3 is 0 Å². The lowest BCUT2D eigenvalue weighted by molar-refractivity contribution is 0.0583. The highest BCUT2D eigenvalue weighted by atomic mass is 15.3.